The second-order valence-corrected chi connectivity index (χ2v) is 6.82. The van der Waals surface area contributed by atoms with Gasteiger partial charge in [0.2, 0.25) is 0 Å². The molecular formula is C13H20O3S. The summed E-state index contributed by atoms with van der Waals surface area (Å²) in [6.07, 6.45) is 0. The highest BCUT2D eigenvalue weighted by Crippen LogP contribution is 2.18. The molecule has 1 atom stereocenters. The molecule has 1 unspecified atom stereocenters. The maximum atomic E-state index is 12.0. The van der Waals surface area contributed by atoms with Gasteiger partial charge in [0, 0.05) is 6.61 Å². The molecule has 0 aliphatic rings. The Balaban J connectivity index is 2.91. The first kappa shape index (κ1) is 14.2. The fraction of sp³-hybridized carbons (Fsp3) is 0.538. The third-order valence-corrected chi connectivity index (χ3v) is 4.66. The molecule has 0 aliphatic heterocycles. The van der Waals surface area contributed by atoms with E-state index in [0.29, 0.717) is 0 Å². The smallest absolute Gasteiger partial charge is 0.154 e. The molecule has 17 heavy (non-hydrogen) atoms. The lowest BCUT2D eigenvalue weighted by molar-refractivity contribution is 0.249. The van der Waals surface area contributed by atoms with E-state index >= 15 is 0 Å². The summed E-state index contributed by atoms with van der Waals surface area (Å²) in [5.41, 5.74) is 2.90. The molecule has 0 bridgehead atoms. The lowest BCUT2D eigenvalue weighted by atomic mass is 10.1. The van der Waals surface area contributed by atoms with Crippen molar-refractivity contribution in [3.8, 4) is 0 Å². The van der Waals surface area contributed by atoms with Gasteiger partial charge in [0.25, 0.3) is 0 Å². The summed E-state index contributed by atoms with van der Waals surface area (Å²) in [4.78, 5) is 0. The van der Waals surface area contributed by atoms with Crippen LogP contribution in [0.2, 0.25) is 0 Å². The molecule has 0 fully saturated rings. The zero-order chi connectivity index (χ0) is 13.1. The van der Waals surface area contributed by atoms with E-state index in [2.05, 4.69) is 0 Å². The third kappa shape index (κ3) is 4.13. The van der Waals surface area contributed by atoms with Crippen molar-refractivity contribution in [2.45, 2.75) is 26.5 Å². The molecule has 0 saturated heterocycles. The highest BCUT2D eigenvalue weighted by Gasteiger charge is 2.18. The fourth-order valence-corrected chi connectivity index (χ4v) is 3.83. The molecule has 0 heterocycles. The maximum absolute atomic E-state index is 12.0. The van der Waals surface area contributed by atoms with E-state index < -0.39 is 9.84 Å². The normalized spacial score (nSPS) is 13.6. The van der Waals surface area contributed by atoms with Crippen LogP contribution in [0.1, 0.15) is 23.6 Å². The van der Waals surface area contributed by atoms with Crippen molar-refractivity contribution in [1.29, 1.82) is 0 Å². The number of hydrogen-bond donors (Lipinski definition) is 1. The van der Waals surface area contributed by atoms with Crippen LogP contribution in [0.25, 0.3) is 0 Å². The van der Waals surface area contributed by atoms with E-state index in [-0.39, 0.29) is 24.0 Å². The number of aryl methyl sites for hydroxylation is 2. The zero-order valence-corrected chi connectivity index (χ0v) is 11.4. The Labute approximate surface area is 103 Å². The van der Waals surface area contributed by atoms with Crippen molar-refractivity contribution in [3.05, 3.63) is 34.9 Å². The van der Waals surface area contributed by atoms with Crippen LogP contribution in [0.3, 0.4) is 0 Å². The number of aliphatic hydroxyl groups excluding tert-OH is 1. The summed E-state index contributed by atoms with van der Waals surface area (Å²) in [6, 6.07) is 5.78. The highest BCUT2D eigenvalue weighted by atomic mass is 32.2. The van der Waals surface area contributed by atoms with Crippen molar-refractivity contribution >= 4 is 9.84 Å². The molecule has 1 rings (SSSR count). The molecule has 0 aliphatic carbocycles. The molecule has 4 heteroatoms. The molecule has 1 aromatic carbocycles. The van der Waals surface area contributed by atoms with Crippen LogP contribution in [-0.4, -0.2) is 25.9 Å². The van der Waals surface area contributed by atoms with E-state index in [1.165, 1.54) is 0 Å². The number of aliphatic hydroxyl groups is 1. The van der Waals surface area contributed by atoms with Crippen molar-refractivity contribution in [2.24, 2.45) is 5.92 Å². The molecule has 1 N–H and O–H groups in total. The molecule has 0 amide bonds. The van der Waals surface area contributed by atoms with E-state index in [4.69, 9.17) is 5.11 Å². The van der Waals surface area contributed by atoms with Crippen molar-refractivity contribution in [2.75, 3.05) is 12.4 Å². The summed E-state index contributed by atoms with van der Waals surface area (Å²) in [7, 11) is -3.15. The van der Waals surface area contributed by atoms with Gasteiger partial charge in [-0.3, -0.25) is 0 Å². The van der Waals surface area contributed by atoms with Crippen molar-refractivity contribution in [3.63, 3.8) is 0 Å². The van der Waals surface area contributed by atoms with E-state index in [1.807, 2.05) is 32.0 Å². The average molecular weight is 256 g/mol. The minimum absolute atomic E-state index is 0.0390. The summed E-state index contributed by atoms with van der Waals surface area (Å²) in [5.74, 6) is -0.100. The van der Waals surface area contributed by atoms with Crippen LogP contribution in [0, 0.1) is 19.8 Å². The van der Waals surface area contributed by atoms with Gasteiger partial charge in [0.05, 0.1) is 11.5 Å². The van der Waals surface area contributed by atoms with Gasteiger partial charge >= 0.3 is 0 Å². The molecule has 96 valence electrons. The Morgan fingerprint density at radius 2 is 1.76 bits per heavy atom. The van der Waals surface area contributed by atoms with E-state index in [0.717, 1.165) is 16.7 Å². The standard InChI is InChI=1S/C13H20O3S/c1-10(7-14)8-17(15,16)9-13-11(2)5-4-6-12(13)3/h4-6,10,14H,7-9H2,1-3H3. The van der Waals surface area contributed by atoms with Gasteiger partial charge in [-0.2, -0.15) is 0 Å². The zero-order valence-electron chi connectivity index (χ0n) is 10.6. The summed E-state index contributed by atoms with van der Waals surface area (Å²) < 4.78 is 23.9. The van der Waals surface area contributed by atoms with Crippen LogP contribution in [0.4, 0.5) is 0 Å². The van der Waals surface area contributed by atoms with Gasteiger partial charge in [0.15, 0.2) is 9.84 Å². The molecule has 1 aromatic rings. The van der Waals surface area contributed by atoms with Gasteiger partial charge < -0.3 is 5.11 Å². The minimum Gasteiger partial charge on any atom is -0.396 e. The first-order chi connectivity index (χ1) is 7.85. The summed E-state index contributed by atoms with van der Waals surface area (Å²) in [6.45, 7) is 5.49. The predicted molar refractivity (Wildman–Crippen MR) is 69.7 cm³/mol. The Hall–Kier alpha value is -0.870. The molecular weight excluding hydrogens is 236 g/mol. The molecule has 3 nitrogen and oxygen atoms in total. The van der Waals surface area contributed by atoms with Gasteiger partial charge in [-0.25, -0.2) is 8.42 Å². The van der Waals surface area contributed by atoms with Gasteiger partial charge in [0.1, 0.15) is 0 Å². The minimum atomic E-state index is -3.15. The maximum Gasteiger partial charge on any atom is 0.154 e. The van der Waals surface area contributed by atoms with E-state index in [1.54, 1.807) is 6.92 Å². The molecule has 0 aromatic heterocycles. The quantitative estimate of drug-likeness (QED) is 0.874. The SMILES string of the molecule is Cc1cccc(C)c1CS(=O)(=O)CC(C)CO. The third-order valence-electron chi connectivity index (χ3n) is 2.86. The Bertz CT molecular complexity index is 457. The fourth-order valence-electron chi connectivity index (χ4n) is 1.84. The largest absolute Gasteiger partial charge is 0.396 e. The van der Waals surface area contributed by atoms with Crippen LogP contribution < -0.4 is 0 Å². The number of rotatable bonds is 5. The van der Waals surface area contributed by atoms with Crippen LogP contribution in [0.5, 0.6) is 0 Å². The Morgan fingerprint density at radius 3 is 2.24 bits per heavy atom. The van der Waals surface area contributed by atoms with Crippen molar-refractivity contribution < 1.29 is 13.5 Å². The number of sulfone groups is 1. The Morgan fingerprint density at radius 1 is 1.24 bits per heavy atom. The van der Waals surface area contributed by atoms with Crippen LogP contribution >= 0.6 is 0 Å². The van der Waals surface area contributed by atoms with Gasteiger partial charge in [-0.05, 0) is 36.5 Å². The van der Waals surface area contributed by atoms with Crippen LogP contribution in [-0.2, 0) is 15.6 Å². The van der Waals surface area contributed by atoms with Crippen LogP contribution in [0.15, 0.2) is 18.2 Å². The molecule has 0 saturated carbocycles. The topological polar surface area (TPSA) is 54.4 Å². The lowest BCUT2D eigenvalue weighted by Crippen LogP contribution is -2.19. The predicted octanol–water partition coefficient (Wildman–Crippen LogP) is 1.85. The average Bonchev–Trinajstić information content (AvgIpc) is 2.23. The monoisotopic (exact) mass is 256 g/mol. The van der Waals surface area contributed by atoms with E-state index in [9.17, 15) is 8.42 Å². The summed E-state index contributed by atoms with van der Waals surface area (Å²) in [5, 5.41) is 8.91. The number of hydrogen-bond acceptors (Lipinski definition) is 3. The lowest BCUT2D eigenvalue weighted by Gasteiger charge is -2.12. The van der Waals surface area contributed by atoms with Crippen molar-refractivity contribution in [1.82, 2.24) is 0 Å². The highest BCUT2D eigenvalue weighted by molar-refractivity contribution is 7.90. The van der Waals surface area contributed by atoms with Gasteiger partial charge in [-0.15, -0.1) is 0 Å². The second-order valence-electron chi connectivity index (χ2n) is 4.71. The molecule has 0 radical (unpaired) electrons. The second kappa shape index (κ2) is 5.65. The van der Waals surface area contributed by atoms with Gasteiger partial charge in [-0.1, -0.05) is 25.1 Å². The first-order valence-electron chi connectivity index (χ1n) is 5.72. The Kier molecular flexibility index (Phi) is 4.71. The number of benzene rings is 1. The molecule has 0 spiro atoms. The summed E-state index contributed by atoms with van der Waals surface area (Å²) >= 11 is 0. The first-order valence-corrected chi connectivity index (χ1v) is 7.54.